The first-order valence-corrected chi connectivity index (χ1v) is 4.20. The molecule has 0 amide bonds. The topological polar surface area (TPSA) is 4.93 Å². The molecule has 0 saturated carbocycles. The molecule has 0 aliphatic heterocycles. The van der Waals surface area contributed by atoms with Gasteiger partial charge in [0.05, 0.1) is 0 Å². The van der Waals surface area contributed by atoms with Crippen molar-refractivity contribution >= 4 is 12.2 Å². The molecular weight excluding hydrogens is 146 g/mol. The zero-order valence-corrected chi connectivity index (χ0v) is 7.91. The number of aromatic nitrogens is 1. The third-order valence-electron chi connectivity index (χ3n) is 1.82. The molecule has 0 unspecified atom stereocenters. The molecule has 1 heteroatoms. The molecule has 1 rings (SSSR count). The van der Waals surface area contributed by atoms with E-state index < -0.39 is 0 Å². The smallest absolute Gasteiger partial charge is 0.0474 e. The standard InChI is InChI=1S/C11H15N/c1-4-6-10-8-9-12(3)11(10)7-5-2/h4-9H,1-3H3/b6-4-,7-5-. The van der Waals surface area contributed by atoms with Gasteiger partial charge in [-0.15, -0.1) is 0 Å². The number of hydrogen-bond acceptors (Lipinski definition) is 0. The Labute approximate surface area is 74.0 Å². The van der Waals surface area contributed by atoms with Crippen molar-refractivity contribution in [3.8, 4) is 0 Å². The molecule has 1 aromatic rings. The van der Waals surface area contributed by atoms with Crippen LogP contribution in [0.5, 0.6) is 0 Å². The highest BCUT2D eigenvalue weighted by Gasteiger charge is 1.98. The fraction of sp³-hybridized carbons (Fsp3) is 0.273. The fourth-order valence-corrected chi connectivity index (χ4v) is 1.25. The molecule has 0 radical (unpaired) electrons. The molecule has 0 aliphatic rings. The van der Waals surface area contributed by atoms with Crippen molar-refractivity contribution in [1.82, 2.24) is 4.57 Å². The van der Waals surface area contributed by atoms with Crippen LogP contribution in [0.4, 0.5) is 0 Å². The van der Waals surface area contributed by atoms with E-state index in [4.69, 9.17) is 0 Å². The second kappa shape index (κ2) is 3.96. The van der Waals surface area contributed by atoms with Crippen molar-refractivity contribution in [2.45, 2.75) is 13.8 Å². The second-order valence-corrected chi connectivity index (χ2v) is 2.77. The third-order valence-corrected chi connectivity index (χ3v) is 1.82. The van der Waals surface area contributed by atoms with Crippen LogP contribution in [0.1, 0.15) is 25.1 Å². The number of nitrogens with zero attached hydrogens (tertiary/aromatic N) is 1. The van der Waals surface area contributed by atoms with Gasteiger partial charge in [0.1, 0.15) is 0 Å². The van der Waals surface area contributed by atoms with E-state index in [1.165, 1.54) is 11.3 Å². The van der Waals surface area contributed by atoms with E-state index in [0.717, 1.165) is 0 Å². The first-order chi connectivity index (χ1) is 5.79. The normalized spacial score (nSPS) is 11.9. The first kappa shape index (κ1) is 8.85. The van der Waals surface area contributed by atoms with Gasteiger partial charge in [-0.2, -0.15) is 0 Å². The Morgan fingerprint density at radius 3 is 2.42 bits per heavy atom. The highest BCUT2D eigenvalue weighted by atomic mass is 14.9. The minimum Gasteiger partial charge on any atom is -0.351 e. The fourth-order valence-electron chi connectivity index (χ4n) is 1.25. The van der Waals surface area contributed by atoms with Gasteiger partial charge < -0.3 is 4.57 Å². The van der Waals surface area contributed by atoms with Gasteiger partial charge in [0.2, 0.25) is 0 Å². The Morgan fingerprint density at radius 1 is 1.17 bits per heavy atom. The third kappa shape index (κ3) is 1.67. The monoisotopic (exact) mass is 161 g/mol. The lowest BCUT2D eigenvalue weighted by Gasteiger charge is -1.97. The van der Waals surface area contributed by atoms with Crippen molar-refractivity contribution in [2.24, 2.45) is 7.05 Å². The van der Waals surface area contributed by atoms with E-state index in [9.17, 15) is 0 Å². The molecular formula is C11H15N. The van der Waals surface area contributed by atoms with Gasteiger partial charge in [-0.25, -0.2) is 0 Å². The van der Waals surface area contributed by atoms with Crippen LogP contribution in [-0.2, 0) is 7.05 Å². The van der Waals surface area contributed by atoms with E-state index in [1.54, 1.807) is 0 Å². The summed E-state index contributed by atoms with van der Waals surface area (Å²) in [5.74, 6) is 0. The van der Waals surface area contributed by atoms with E-state index >= 15 is 0 Å². The predicted octanol–water partition coefficient (Wildman–Crippen LogP) is 3.09. The molecule has 1 heterocycles. The molecule has 64 valence electrons. The zero-order chi connectivity index (χ0) is 8.97. The largest absolute Gasteiger partial charge is 0.351 e. The quantitative estimate of drug-likeness (QED) is 0.628. The summed E-state index contributed by atoms with van der Waals surface area (Å²) in [5, 5.41) is 0. The molecule has 1 nitrogen and oxygen atoms in total. The molecule has 0 aliphatic carbocycles. The molecule has 0 N–H and O–H groups in total. The molecule has 1 aromatic heterocycles. The van der Waals surface area contributed by atoms with Gasteiger partial charge in [-0.05, 0) is 31.6 Å². The van der Waals surface area contributed by atoms with Gasteiger partial charge in [0.15, 0.2) is 0 Å². The molecule has 0 spiro atoms. The van der Waals surface area contributed by atoms with Crippen LogP contribution >= 0.6 is 0 Å². The van der Waals surface area contributed by atoms with Crippen LogP contribution in [0.15, 0.2) is 24.4 Å². The second-order valence-electron chi connectivity index (χ2n) is 2.77. The summed E-state index contributed by atoms with van der Waals surface area (Å²) in [6.07, 6.45) is 10.4. The van der Waals surface area contributed by atoms with Crippen molar-refractivity contribution < 1.29 is 0 Å². The molecule has 0 aromatic carbocycles. The minimum absolute atomic E-state index is 1.26. The van der Waals surface area contributed by atoms with E-state index in [0.29, 0.717) is 0 Å². The van der Waals surface area contributed by atoms with Gasteiger partial charge in [-0.1, -0.05) is 18.2 Å². The Morgan fingerprint density at radius 2 is 1.83 bits per heavy atom. The number of aryl methyl sites for hydroxylation is 1. The Balaban J connectivity index is 3.12. The number of allylic oxidation sites excluding steroid dienone is 2. The Hall–Kier alpha value is -1.24. The van der Waals surface area contributed by atoms with Crippen molar-refractivity contribution in [3.63, 3.8) is 0 Å². The SMILES string of the molecule is C/C=C\c1ccn(C)c1/C=C\C. The summed E-state index contributed by atoms with van der Waals surface area (Å²) >= 11 is 0. The lowest BCUT2D eigenvalue weighted by Crippen LogP contribution is -1.88. The predicted molar refractivity (Wildman–Crippen MR) is 54.8 cm³/mol. The van der Waals surface area contributed by atoms with Crippen molar-refractivity contribution in [2.75, 3.05) is 0 Å². The summed E-state index contributed by atoms with van der Waals surface area (Å²) in [6, 6.07) is 2.12. The van der Waals surface area contributed by atoms with Crippen LogP contribution < -0.4 is 0 Å². The summed E-state index contributed by atoms with van der Waals surface area (Å²) in [4.78, 5) is 0. The van der Waals surface area contributed by atoms with E-state index in [1.807, 2.05) is 13.8 Å². The number of rotatable bonds is 2. The average Bonchev–Trinajstić information content (AvgIpc) is 2.37. The first-order valence-electron chi connectivity index (χ1n) is 4.20. The van der Waals surface area contributed by atoms with E-state index in [2.05, 4.69) is 48.2 Å². The van der Waals surface area contributed by atoms with Gasteiger partial charge in [0, 0.05) is 18.9 Å². The molecule has 0 fully saturated rings. The van der Waals surface area contributed by atoms with Crippen LogP contribution in [0.3, 0.4) is 0 Å². The zero-order valence-electron chi connectivity index (χ0n) is 7.91. The maximum atomic E-state index is 2.12. The maximum absolute atomic E-state index is 2.12. The Bertz CT molecular complexity index is 303. The summed E-state index contributed by atoms with van der Waals surface area (Å²) in [6.45, 7) is 4.07. The average molecular weight is 161 g/mol. The highest BCUT2D eigenvalue weighted by Crippen LogP contribution is 2.13. The summed E-state index contributed by atoms with van der Waals surface area (Å²) in [7, 11) is 2.06. The van der Waals surface area contributed by atoms with Gasteiger partial charge in [0.25, 0.3) is 0 Å². The summed E-state index contributed by atoms with van der Waals surface area (Å²) < 4.78 is 2.12. The summed E-state index contributed by atoms with van der Waals surface area (Å²) in [5.41, 5.74) is 2.54. The Kier molecular flexibility index (Phi) is 2.92. The van der Waals surface area contributed by atoms with Gasteiger partial charge >= 0.3 is 0 Å². The number of hydrogen-bond donors (Lipinski definition) is 0. The van der Waals surface area contributed by atoms with Crippen LogP contribution in [0.2, 0.25) is 0 Å². The lowest BCUT2D eigenvalue weighted by atomic mass is 10.2. The molecule has 0 bridgehead atoms. The molecule has 0 saturated heterocycles. The molecule has 12 heavy (non-hydrogen) atoms. The van der Waals surface area contributed by atoms with Crippen LogP contribution in [-0.4, -0.2) is 4.57 Å². The van der Waals surface area contributed by atoms with Crippen molar-refractivity contribution in [3.05, 3.63) is 35.7 Å². The van der Waals surface area contributed by atoms with Crippen LogP contribution in [0, 0.1) is 0 Å². The van der Waals surface area contributed by atoms with Gasteiger partial charge in [-0.3, -0.25) is 0 Å². The van der Waals surface area contributed by atoms with Crippen molar-refractivity contribution in [1.29, 1.82) is 0 Å². The lowest BCUT2D eigenvalue weighted by molar-refractivity contribution is 0.914. The minimum atomic E-state index is 1.26. The highest BCUT2D eigenvalue weighted by molar-refractivity contribution is 5.63. The molecule has 0 atom stereocenters. The maximum Gasteiger partial charge on any atom is 0.0474 e. The van der Waals surface area contributed by atoms with Crippen LogP contribution in [0.25, 0.3) is 12.2 Å². The van der Waals surface area contributed by atoms with E-state index in [-0.39, 0.29) is 0 Å².